The summed E-state index contributed by atoms with van der Waals surface area (Å²) in [5.41, 5.74) is 0. The number of nitrogens with zero attached hydrogens (tertiary/aromatic N) is 2. The van der Waals surface area contributed by atoms with E-state index >= 15 is 0 Å². The predicted octanol–water partition coefficient (Wildman–Crippen LogP) is 1.49. The number of rotatable bonds is 3. The highest BCUT2D eigenvalue weighted by Gasteiger charge is 2.32. The topological polar surface area (TPSA) is 51.7 Å². The maximum absolute atomic E-state index is 12.4. The Morgan fingerprint density at radius 3 is 3.15 bits per heavy atom. The molecule has 0 saturated carbocycles. The summed E-state index contributed by atoms with van der Waals surface area (Å²) in [5, 5.41) is 0. The summed E-state index contributed by atoms with van der Waals surface area (Å²) >= 11 is 0. The van der Waals surface area contributed by atoms with Crippen molar-refractivity contribution in [3.63, 3.8) is 0 Å². The Hall–Kier alpha value is -1.62. The number of hydrogen-bond donors (Lipinski definition) is 0. The summed E-state index contributed by atoms with van der Waals surface area (Å²) < 4.78 is 11.3. The van der Waals surface area contributed by atoms with Gasteiger partial charge >= 0.3 is 0 Å². The predicted molar refractivity (Wildman–Crippen MR) is 73.4 cm³/mol. The number of pyridine rings is 1. The first-order valence-corrected chi connectivity index (χ1v) is 7.26. The monoisotopic (exact) mass is 276 g/mol. The molecule has 0 unspecified atom stereocenters. The van der Waals surface area contributed by atoms with E-state index in [1.165, 1.54) is 0 Å². The van der Waals surface area contributed by atoms with Gasteiger partial charge in [-0.05, 0) is 25.0 Å². The van der Waals surface area contributed by atoms with E-state index in [0.717, 1.165) is 38.2 Å². The second-order valence-electron chi connectivity index (χ2n) is 5.42. The molecule has 3 rings (SSSR count). The zero-order chi connectivity index (χ0) is 13.8. The van der Waals surface area contributed by atoms with E-state index in [4.69, 9.17) is 9.47 Å². The minimum Gasteiger partial charge on any atom is -0.487 e. The van der Waals surface area contributed by atoms with Gasteiger partial charge in [-0.1, -0.05) is 0 Å². The molecule has 2 fully saturated rings. The van der Waals surface area contributed by atoms with E-state index in [1.807, 2.05) is 17.0 Å². The van der Waals surface area contributed by atoms with Gasteiger partial charge in [-0.3, -0.25) is 9.78 Å². The van der Waals surface area contributed by atoms with Gasteiger partial charge < -0.3 is 14.4 Å². The molecule has 2 aliphatic heterocycles. The van der Waals surface area contributed by atoms with Crippen LogP contribution >= 0.6 is 0 Å². The molecule has 0 spiro atoms. The van der Waals surface area contributed by atoms with E-state index < -0.39 is 0 Å². The van der Waals surface area contributed by atoms with Gasteiger partial charge in [-0.15, -0.1) is 0 Å². The molecule has 0 bridgehead atoms. The Labute approximate surface area is 118 Å². The van der Waals surface area contributed by atoms with Gasteiger partial charge in [0.25, 0.3) is 0 Å². The van der Waals surface area contributed by atoms with Crippen LogP contribution in [-0.4, -0.2) is 48.2 Å². The highest BCUT2D eigenvalue weighted by atomic mass is 16.5. The number of carbonyl (C=O) groups is 1. The second kappa shape index (κ2) is 6.22. The minimum atomic E-state index is 0.0425. The van der Waals surface area contributed by atoms with Crippen LogP contribution in [0.5, 0.6) is 5.75 Å². The first kappa shape index (κ1) is 13.4. The number of likely N-dealkylation sites (tertiary alicyclic amines) is 1. The van der Waals surface area contributed by atoms with Gasteiger partial charge in [-0.2, -0.15) is 0 Å². The summed E-state index contributed by atoms with van der Waals surface area (Å²) in [4.78, 5) is 18.3. The Balaban J connectivity index is 1.52. The fourth-order valence-corrected chi connectivity index (χ4v) is 2.83. The van der Waals surface area contributed by atoms with Gasteiger partial charge in [0.05, 0.1) is 25.3 Å². The van der Waals surface area contributed by atoms with Crippen molar-refractivity contribution in [3.8, 4) is 5.75 Å². The fraction of sp³-hybridized carbons (Fsp3) is 0.600. The third kappa shape index (κ3) is 3.10. The van der Waals surface area contributed by atoms with Crippen LogP contribution in [0.3, 0.4) is 0 Å². The van der Waals surface area contributed by atoms with Crippen molar-refractivity contribution in [1.29, 1.82) is 0 Å². The van der Waals surface area contributed by atoms with Crippen LogP contribution in [-0.2, 0) is 9.53 Å². The van der Waals surface area contributed by atoms with Crippen molar-refractivity contribution in [2.45, 2.75) is 25.4 Å². The Kier molecular flexibility index (Phi) is 4.16. The van der Waals surface area contributed by atoms with Crippen LogP contribution in [0.2, 0.25) is 0 Å². The molecule has 20 heavy (non-hydrogen) atoms. The molecule has 2 atom stereocenters. The van der Waals surface area contributed by atoms with Crippen LogP contribution in [0.25, 0.3) is 0 Å². The molecule has 0 aliphatic carbocycles. The molecule has 5 nitrogen and oxygen atoms in total. The van der Waals surface area contributed by atoms with Crippen molar-refractivity contribution >= 4 is 5.91 Å². The molecule has 2 saturated heterocycles. The summed E-state index contributed by atoms with van der Waals surface area (Å²) in [5.74, 6) is 1.04. The summed E-state index contributed by atoms with van der Waals surface area (Å²) in [6.07, 6.45) is 6.32. The quantitative estimate of drug-likeness (QED) is 0.839. The van der Waals surface area contributed by atoms with Crippen LogP contribution in [0, 0.1) is 5.92 Å². The van der Waals surface area contributed by atoms with Gasteiger partial charge in [0, 0.05) is 25.8 Å². The first-order chi connectivity index (χ1) is 9.83. The van der Waals surface area contributed by atoms with Crippen molar-refractivity contribution in [2.24, 2.45) is 5.92 Å². The minimum absolute atomic E-state index is 0.0425. The van der Waals surface area contributed by atoms with Crippen molar-refractivity contribution in [2.75, 3.05) is 26.3 Å². The lowest BCUT2D eigenvalue weighted by atomic mass is 10.0. The van der Waals surface area contributed by atoms with E-state index in [0.29, 0.717) is 13.2 Å². The molecule has 1 amide bonds. The average molecular weight is 276 g/mol. The van der Waals surface area contributed by atoms with E-state index in [2.05, 4.69) is 4.98 Å². The van der Waals surface area contributed by atoms with Crippen molar-refractivity contribution in [1.82, 2.24) is 9.88 Å². The lowest BCUT2D eigenvalue weighted by Gasteiger charge is -2.26. The number of aromatic nitrogens is 1. The largest absolute Gasteiger partial charge is 0.487 e. The fourth-order valence-electron chi connectivity index (χ4n) is 2.83. The third-order valence-electron chi connectivity index (χ3n) is 3.90. The lowest BCUT2D eigenvalue weighted by molar-refractivity contribution is -0.138. The summed E-state index contributed by atoms with van der Waals surface area (Å²) in [6.45, 7) is 2.81. The Bertz CT molecular complexity index is 446. The SMILES string of the molecule is O=C([C@@H]1CCCOC1)N1CC[C@@H](Oc2cccnc2)C1. The average Bonchev–Trinajstić information content (AvgIpc) is 2.97. The van der Waals surface area contributed by atoms with Crippen LogP contribution < -0.4 is 4.74 Å². The van der Waals surface area contributed by atoms with Gasteiger partial charge in [-0.25, -0.2) is 0 Å². The third-order valence-corrected chi connectivity index (χ3v) is 3.90. The summed E-state index contributed by atoms with van der Waals surface area (Å²) in [6, 6.07) is 3.75. The summed E-state index contributed by atoms with van der Waals surface area (Å²) in [7, 11) is 0. The molecule has 0 radical (unpaired) electrons. The van der Waals surface area contributed by atoms with Crippen LogP contribution in [0.4, 0.5) is 0 Å². The second-order valence-corrected chi connectivity index (χ2v) is 5.42. The highest BCUT2D eigenvalue weighted by molar-refractivity contribution is 5.79. The number of ether oxygens (including phenoxy) is 2. The highest BCUT2D eigenvalue weighted by Crippen LogP contribution is 2.22. The van der Waals surface area contributed by atoms with Gasteiger partial charge in [0.2, 0.25) is 5.91 Å². The molecule has 0 aromatic carbocycles. The molecule has 3 heterocycles. The molecule has 5 heteroatoms. The number of carbonyl (C=O) groups excluding carboxylic acids is 1. The normalized spacial score (nSPS) is 26.5. The van der Waals surface area contributed by atoms with Crippen LogP contribution in [0.1, 0.15) is 19.3 Å². The van der Waals surface area contributed by atoms with Crippen molar-refractivity contribution in [3.05, 3.63) is 24.5 Å². The molecule has 1 aromatic heterocycles. The molecule has 2 aliphatic rings. The molecule has 1 aromatic rings. The van der Waals surface area contributed by atoms with E-state index in [9.17, 15) is 4.79 Å². The van der Waals surface area contributed by atoms with Crippen molar-refractivity contribution < 1.29 is 14.3 Å². The maximum Gasteiger partial charge on any atom is 0.228 e. The molecule has 108 valence electrons. The van der Waals surface area contributed by atoms with Gasteiger partial charge in [0.1, 0.15) is 11.9 Å². The van der Waals surface area contributed by atoms with Crippen LogP contribution in [0.15, 0.2) is 24.5 Å². The van der Waals surface area contributed by atoms with E-state index in [1.54, 1.807) is 12.4 Å². The zero-order valence-electron chi connectivity index (χ0n) is 11.5. The first-order valence-electron chi connectivity index (χ1n) is 7.26. The Morgan fingerprint density at radius 1 is 1.45 bits per heavy atom. The molecule has 0 N–H and O–H groups in total. The number of amides is 1. The van der Waals surface area contributed by atoms with E-state index in [-0.39, 0.29) is 17.9 Å². The molecular formula is C15H20N2O3. The zero-order valence-corrected chi connectivity index (χ0v) is 11.5. The van der Waals surface area contributed by atoms with Gasteiger partial charge in [0.15, 0.2) is 0 Å². The lowest BCUT2D eigenvalue weighted by Crippen LogP contribution is -2.39. The smallest absolute Gasteiger partial charge is 0.228 e. The maximum atomic E-state index is 12.4. The molecular weight excluding hydrogens is 256 g/mol. The Morgan fingerprint density at radius 2 is 2.40 bits per heavy atom. The standard InChI is InChI=1S/C15H20N2O3/c18-15(12-3-2-8-19-11-12)17-7-5-14(10-17)20-13-4-1-6-16-9-13/h1,4,6,9,12,14H,2-3,5,7-8,10-11H2/t12-,14-/m1/s1. The number of hydrogen-bond acceptors (Lipinski definition) is 4.